The number of methoxy groups -OCH3 is 1. The third-order valence-electron chi connectivity index (χ3n) is 6.74. The molecule has 196 valence electrons. The van der Waals surface area contributed by atoms with Gasteiger partial charge in [-0.3, -0.25) is 0 Å². The highest BCUT2D eigenvalue weighted by molar-refractivity contribution is 5.38. The van der Waals surface area contributed by atoms with Crippen LogP contribution >= 0.6 is 0 Å². The number of aryl methyl sites for hydroxylation is 1. The Morgan fingerprint density at radius 2 is 1.77 bits per heavy atom. The third kappa shape index (κ3) is 8.32. The number of benzene rings is 2. The van der Waals surface area contributed by atoms with Gasteiger partial charge in [-0.05, 0) is 60.6 Å². The second-order valence-electron chi connectivity index (χ2n) is 9.38. The van der Waals surface area contributed by atoms with E-state index in [4.69, 9.17) is 14.2 Å². The number of aliphatic hydroxyl groups excluding tert-OH is 2. The van der Waals surface area contributed by atoms with Gasteiger partial charge in [-0.2, -0.15) is 0 Å². The summed E-state index contributed by atoms with van der Waals surface area (Å²) in [5.41, 5.74) is 4.44. The lowest BCUT2D eigenvalue weighted by atomic mass is 9.92. The van der Waals surface area contributed by atoms with Gasteiger partial charge >= 0.3 is 0 Å². The first-order chi connectivity index (χ1) is 16.9. The Labute approximate surface area is 212 Å². The smallest absolute Gasteiger partial charge is 0.132 e. The van der Waals surface area contributed by atoms with Crippen molar-refractivity contribution >= 4 is 0 Å². The number of hydrogen-bond acceptors (Lipinski definition) is 5. The van der Waals surface area contributed by atoms with Gasteiger partial charge in [-0.1, -0.05) is 64.4 Å². The summed E-state index contributed by atoms with van der Waals surface area (Å²) in [4.78, 5) is 0. The zero-order chi connectivity index (χ0) is 25.8. The Hall–Kier alpha value is -1.92. The van der Waals surface area contributed by atoms with Gasteiger partial charge < -0.3 is 24.4 Å². The molecule has 0 aromatic heterocycles. The van der Waals surface area contributed by atoms with Crippen molar-refractivity contribution < 1.29 is 24.4 Å². The minimum absolute atomic E-state index is 0.0668. The molecule has 1 saturated heterocycles. The standard InChI is InChI=1S/C28H40O5.C2H6/c1-5-13-28(6-2,19-31-4)33-25-11-8-21(9-12-25)14-23-15-22(10-7-20(23)3)27-17-24(30)16-26(18-29)32-27;1-2/h7-12,15,24,26-27,29-30H,5-6,13-14,16-19H2,1-4H3;1-2H3/t24-,26-,27+,28?;/m0./s1. The summed E-state index contributed by atoms with van der Waals surface area (Å²) >= 11 is 0. The molecule has 0 amide bonds. The molecular weight excluding hydrogens is 440 g/mol. The summed E-state index contributed by atoms with van der Waals surface area (Å²) < 4.78 is 17.9. The van der Waals surface area contributed by atoms with Crippen molar-refractivity contribution in [3.05, 3.63) is 64.7 Å². The first kappa shape index (κ1) is 29.3. The largest absolute Gasteiger partial charge is 0.485 e. The summed E-state index contributed by atoms with van der Waals surface area (Å²) in [5.74, 6) is 0.871. The topological polar surface area (TPSA) is 68.2 Å². The van der Waals surface area contributed by atoms with E-state index in [1.807, 2.05) is 13.8 Å². The maximum Gasteiger partial charge on any atom is 0.132 e. The fourth-order valence-corrected chi connectivity index (χ4v) is 4.77. The summed E-state index contributed by atoms with van der Waals surface area (Å²) in [6.07, 6.45) is 3.82. The number of rotatable bonds is 11. The molecule has 2 aromatic carbocycles. The molecule has 0 bridgehead atoms. The first-order valence-electron chi connectivity index (χ1n) is 13.2. The first-order valence-corrected chi connectivity index (χ1v) is 13.2. The lowest BCUT2D eigenvalue weighted by Crippen LogP contribution is -2.40. The summed E-state index contributed by atoms with van der Waals surface area (Å²) in [6.45, 7) is 11.0. The predicted molar refractivity (Wildman–Crippen MR) is 142 cm³/mol. The molecule has 5 heteroatoms. The molecule has 1 aliphatic rings. The quantitative estimate of drug-likeness (QED) is 0.398. The highest BCUT2D eigenvalue weighted by Gasteiger charge is 2.30. The monoisotopic (exact) mass is 486 g/mol. The SMILES string of the molecule is CC.CCCC(CC)(COC)Oc1ccc(Cc2cc([C@H]3C[C@@H](O)C[C@@H](CO)O3)ccc2C)cc1. The summed E-state index contributed by atoms with van der Waals surface area (Å²) in [7, 11) is 1.73. The molecule has 3 rings (SSSR count). The van der Waals surface area contributed by atoms with Crippen LogP contribution in [0.25, 0.3) is 0 Å². The average Bonchev–Trinajstić information content (AvgIpc) is 2.87. The van der Waals surface area contributed by atoms with Crippen LogP contribution in [0, 0.1) is 6.92 Å². The summed E-state index contributed by atoms with van der Waals surface area (Å²) in [6, 6.07) is 14.7. The Balaban J connectivity index is 0.00000210. The van der Waals surface area contributed by atoms with Gasteiger partial charge in [-0.25, -0.2) is 0 Å². The van der Waals surface area contributed by atoms with Crippen molar-refractivity contribution in [1.29, 1.82) is 0 Å². The lowest BCUT2D eigenvalue weighted by molar-refractivity contribution is -0.113. The van der Waals surface area contributed by atoms with Crippen LogP contribution in [0.2, 0.25) is 0 Å². The van der Waals surface area contributed by atoms with E-state index in [-0.39, 0.29) is 24.4 Å². The van der Waals surface area contributed by atoms with Crippen LogP contribution in [-0.2, 0) is 15.9 Å². The van der Waals surface area contributed by atoms with E-state index in [0.29, 0.717) is 19.4 Å². The molecule has 4 atom stereocenters. The average molecular weight is 487 g/mol. The van der Waals surface area contributed by atoms with Crippen LogP contribution in [0.4, 0.5) is 0 Å². The third-order valence-corrected chi connectivity index (χ3v) is 6.74. The van der Waals surface area contributed by atoms with Crippen LogP contribution in [0.5, 0.6) is 5.75 Å². The molecule has 1 heterocycles. The van der Waals surface area contributed by atoms with E-state index in [1.54, 1.807) is 7.11 Å². The molecule has 1 unspecified atom stereocenters. The minimum Gasteiger partial charge on any atom is -0.485 e. The fraction of sp³-hybridized carbons (Fsp3) is 0.600. The van der Waals surface area contributed by atoms with E-state index >= 15 is 0 Å². The predicted octanol–water partition coefficient (Wildman–Crippen LogP) is 6.16. The minimum atomic E-state index is -0.445. The van der Waals surface area contributed by atoms with E-state index < -0.39 is 6.10 Å². The van der Waals surface area contributed by atoms with Gasteiger partial charge in [0.1, 0.15) is 11.4 Å². The Morgan fingerprint density at radius 3 is 2.37 bits per heavy atom. The molecule has 1 fully saturated rings. The second-order valence-corrected chi connectivity index (χ2v) is 9.38. The van der Waals surface area contributed by atoms with Crippen LogP contribution in [0.3, 0.4) is 0 Å². The number of hydrogen-bond donors (Lipinski definition) is 2. The molecule has 0 radical (unpaired) electrons. The van der Waals surface area contributed by atoms with Gasteiger partial charge in [0.05, 0.1) is 31.5 Å². The van der Waals surface area contributed by atoms with Crippen molar-refractivity contribution in [2.45, 2.75) is 97.1 Å². The molecule has 0 spiro atoms. The molecule has 5 nitrogen and oxygen atoms in total. The molecule has 0 saturated carbocycles. The fourth-order valence-electron chi connectivity index (χ4n) is 4.77. The normalized spacial score (nSPS) is 21.5. The Morgan fingerprint density at radius 1 is 1.06 bits per heavy atom. The molecule has 0 aliphatic carbocycles. The molecule has 2 N–H and O–H groups in total. The van der Waals surface area contributed by atoms with E-state index in [2.05, 4.69) is 63.2 Å². The van der Waals surface area contributed by atoms with Gasteiger partial charge in [0, 0.05) is 20.0 Å². The van der Waals surface area contributed by atoms with Gasteiger partial charge in [0.25, 0.3) is 0 Å². The molecular formula is C30H46O5. The molecule has 35 heavy (non-hydrogen) atoms. The second kappa shape index (κ2) is 14.6. The van der Waals surface area contributed by atoms with Crippen molar-refractivity contribution in [2.75, 3.05) is 20.3 Å². The van der Waals surface area contributed by atoms with Crippen molar-refractivity contribution in [1.82, 2.24) is 0 Å². The Kier molecular flexibility index (Phi) is 12.2. The van der Waals surface area contributed by atoms with E-state index in [9.17, 15) is 10.2 Å². The Bertz CT molecular complexity index is 858. The summed E-state index contributed by atoms with van der Waals surface area (Å²) in [5, 5.41) is 19.7. The highest BCUT2D eigenvalue weighted by Crippen LogP contribution is 2.33. The van der Waals surface area contributed by atoms with Gasteiger partial charge in [0.15, 0.2) is 0 Å². The van der Waals surface area contributed by atoms with Crippen LogP contribution in [0.15, 0.2) is 42.5 Å². The van der Waals surface area contributed by atoms with Crippen molar-refractivity contribution in [3.8, 4) is 5.75 Å². The van der Waals surface area contributed by atoms with Crippen molar-refractivity contribution in [2.24, 2.45) is 0 Å². The number of ether oxygens (including phenoxy) is 3. The maximum atomic E-state index is 10.2. The van der Waals surface area contributed by atoms with Crippen molar-refractivity contribution in [3.63, 3.8) is 0 Å². The number of aliphatic hydroxyl groups is 2. The van der Waals surface area contributed by atoms with Crippen LogP contribution < -0.4 is 4.74 Å². The molecule has 2 aromatic rings. The van der Waals surface area contributed by atoms with E-state index in [1.165, 1.54) is 16.7 Å². The highest BCUT2D eigenvalue weighted by atomic mass is 16.5. The zero-order valence-corrected chi connectivity index (χ0v) is 22.5. The van der Waals surface area contributed by atoms with Gasteiger partial charge in [-0.15, -0.1) is 0 Å². The van der Waals surface area contributed by atoms with Gasteiger partial charge in [0.2, 0.25) is 0 Å². The lowest BCUT2D eigenvalue weighted by Gasteiger charge is -2.33. The van der Waals surface area contributed by atoms with E-state index in [0.717, 1.165) is 37.0 Å². The molecule has 1 aliphatic heterocycles. The maximum absolute atomic E-state index is 10.2. The van der Waals surface area contributed by atoms with Crippen LogP contribution in [0.1, 0.15) is 88.2 Å². The van der Waals surface area contributed by atoms with Crippen LogP contribution in [-0.4, -0.2) is 48.3 Å². The zero-order valence-electron chi connectivity index (χ0n) is 22.5.